The highest BCUT2D eigenvalue weighted by Crippen LogP contribution is 2.31. The summed E-state index contributed by atoms with van der Waals surface area (Å²) in [5.74, 6) is 1.14. The quantitative estimate of drug-likeness (QED) is 0.917. The van der Waals surface area contributed by atoms with E-state index >= 15 is 0 Å². The third-order valence-corrected chi connectivity index (χ3v) is 3.95. The monoisotopic (exact) mass is 289 g/mol. The Morgan fingerprint density at radius 3 is 3.05 bits per heavy atom. The van der Waals surface area contributed by atoms with Crippen LogP contribution in [0.2, 0.25) is 0 Å². The summed E-state index contributed by atoms with van der Waals surface area (Å²) in [6.07, 6.45) is 4.09. The second-order valence-corrected chi connectivity index (χ2v) is 5.37. The van der Waals surface area contributed by atoms with E-state index in [-0.39, 0.29) is 18.0 Å². The molecule has 0 saturated carbocycles. The van der Waals surface area contributed by atoms with Crippen molar-refractivity contribution in [2.45, 2.75) is 31.4 Å². The van der Waals surface area contributed by atoms with Crippen molar-refractivity contribution < 1.29 is 9.13 Å². The molecule has 2 aromatic heterocycles. The fraction of sp³-hybridized carbons (Fsp3) is 0.500. The average molecular weight is 289 g/mol. The van der Waals surface area contributed by atoms with Crippen LogP contribution in [0.25, 0.3) is 0 Å². The summed E-state index contributed by atoms with van der Waals surface area (Å²) in [6, 6.07) is 3.13. The van der Waals surface area contributed by atoms with Crippen molar-refractivity contribution in [3.8, 4) is 0 Å². The van der Waals surface area contributed by atoms with Crippen molar-refractivity contribution in [1.82, 2.24) is 19.7 Å². The first kappa shape index (κ1) is 12.7. The molecular weight excluding hydrogens is 273 g/mol. The minimum Gasteiger partial charge on any atom is -0.370 e. The van der Waals surface area contributed by atoms with E-state index < -0.39 is 0 Å². The van der Waals surface area contributed by atoms with Gasteiger partial charge in [0.1, 0.15) is 11.9 Å². The van der Waals surface area contributed by atoms with Gasteiger partial charge in [-0.1, -0.05) is 0 Å². The molecule has 1 saturated heterocycles. The largest absolute Gasteiger partial charge is 0.370 e. The van der Waals surface area contributed by atoms with Crippen molar-refractivity contribution in [2.24, 2.45) is 0 Å². The Hall–Kier alpha value is -2.02. The van der Waals surface area contributed by atoms with E-state index in [1.165, 1.54) is 12.3 Å². The Labute approximate surface area is 121 Å². The molecule has 21 heavy (non-hydrogen) atoms. The van der Waals surface area contributed by atoms with Crippen LogP contribution in [0, 0.1) is 5.82 Å². The van der Waals surface area contributed by atoms with Crippen LogP contribution < -0.4 is 5.32 Å². The Morgan fingerprint density at radius 1 is 1.33 bits per heavy atom. The van der Waals surface area contributed by atoms with Crippen LogP contribution in [0.15, 0.2) is 18.3 Å². The van der Waals surface area contributed by atoms with Crippen LogP contribution in [-0.4, -0.2) is 32.9 Å². The first-order chi connectivity index (χ1) is 10.3. The van der Waals surface area contributed by atoms with Crippen LogP contribution in [0.1, 0.15) is 42.9 Å². The molecule has 2 unspecified atom stereocenters. The number of rotatable bonds is 2. The lowest BCUT2D eigenvalue weighted by Crippen LogP contribution is -2.25. The Bertz CT molecular complexity index is 635. The maximum absolute atomic E-state index is 13.0. The van der Waals surface area contributed by atoms with Gasteiger partial charge >= 0.3 is 0 Å². The van der Waals surface area contributed by atoms with Gasteiger partial charge in [0.25, 0.3) is 0 Å². The van der Waals surface area contributed by atoms with Gasteiger partial charge in [-0.2, -0.15) is 10.1 Å². The van der Waals surface area contributed by atoms with Crippen LogP contribution in [0.4, 0.5) is 10.3 Å². The summed E-state index contributed by atoms with van der Waals surface area (Å²) in [4.78, 5) is 8.72. The number of halogens is 1. The first-order valence-electron chi connectivity index (χ1n) is 7.24. The summed E-state index contributed by atoms with van der Waals surface area (Å²) in [6.45, 7) is 1.57. The van der Waals surface area contributed by atoms with E-state index in [2.05, 4.69) is 20.4 Å². The Kier molecular flexibility index (Phi) is 3.07. The zero-order chi connectivity index (χ0) is 14.2. The van der Waals surface area contributed by atoms with Gasteiger partial charge in [0.05, 0.1) is 17.9 Å². The van der Waals surface area contributed by atoms with Gasteiger partial charge in [-0.3, -0.25) is 4.98 Å². The topological polar surface area (TPSA) is 64.9 Å². The van der Waals surface area contributed by atoms with E-state index in [0.29, 0.717) is 0 Å². The molecule has 0 aliphatic carbocycles. The molecule has 6 nitrogen and oxygen atoms in total. The molecule has 7 heteroatoms. The maximum atomic E-state index is 13.0. The van der Waals surface area contributed by atoms with E-state index in [0.717, 1.165) is 49.9 Å². The number of hydrogen-bond acceptors (Lipinski definition) is 5. The fourth-order valence-electron chi connectivity index (χ4n) is 2.90. The third-order valence-electron chi connectivity index (χ3n) is 3.95. The standard InChI is InChI=1S/C14H16FN5O/c15-9-3-4-10(17-8-9)11-5-6-16-14-18-13(19-20(11)14)12-2-1-7-21-12/h3-4,8,11-12H,1-2,5-7H2,(H,16,18,19). The number of ether oxygens (including phenoxy) is 1. The minimum absolute atomic E-state index is 0.00766. The summed E-state index contributed by atoms with van der Waals surface area (Å²) in [7, 11) is 0. The zero-order valence-corrected chi connectivity index (χ0v) is 11.5. The van der Waals surface area contributed by atoms with Crippen LogP contribution in [-0.2, 0) is 4.74 Å². The SMILES string of the molecule is Fc1ccc(C2CCNc3nc(C4CCCO4)nn32)nc1. The summed E-state index contributed by atoms with van der Waals surface area (Å²) in [5.41, 5.74) is 0.808. The molecule has 0 amide bonds. The number of nitrogens with zero attached hydrogens (tertiary/aromatic N) is 4. The number of hydrogen-bond donors (Lipinski definition) is 1. The van der Waals surface area contributed by atoms with Crippen molar-refractivity contribution in [1.29, 1.82) is 0 Å². The molecule has 2 aromatic rings. The van der Waals surface area contributed by atoms with Crippen molar-refractivity contribution in [3.05, 3.63) is 35.7 Å². The second-order valence-electron chi connectivity index (χ2n) is 5.37. The maximum Gasteiger partial charge on any atom is 0.222 e. The molecule has 0 spiro atoms. The molecule has 2 atom stereocenters. The lowest BCUT2D eigenvalue weighted by molar-refractivity contribution is 0.105. The Balaban J connectivity index is 1.68. The normalized spacial score (nSPS) is 24.6. The van der Waals surface area contributed by atoms with Gasteiger partial charge in [-0.05, 0) is 31.4 Å². The highest BCUT2D eigenvalue weighted by atomic mass is 19.1. The van der Waals surface area contributed by atoms with Crippen LogP contribution in [0.3, 0.4) is 0 Å². The summed E-state index contributed by atoms with van der Waals surface area (Å²) < 4.78 is 20.5. The number of nitrogens with one attached hydrogen (secondary N) is 1. The summed E-state index contributed by atoms with van der Waals surface area (Å²) in [5, 5.41) is 7.85. The lowest BCUT2D eigenvalue weighted by Gasteiger charge is -2.23. The molecule has 1 N–H and O–H groups in total. The molecule has 4 heterocycles. The van der Waals surface area contributed by atoms with E-state index in [1.54, 1.807) is 6.07 Å². The van der Waals surface area contributed by atoms with Gasteiger partial charge < -0.3 is 10.1 Å². The second kappa shape index (κ2) is 5.07. The molecule has 1 fully saturated rings. The van der Waals surface area contributed by atoms with Gasteiger partial charge in [-0.25, -0.2) is 9.07 Å². The number of pyridine rings is 1. The van der Waals surface area contributed by atoms with Gasteiger partial charge in [-0.15, -0.1) is 0 Å². The average Bonchev–Trinajstić information content (AvgIpc) is 3.16. The van der Waals surface area contributed by atoms with Gasteiger partial charge in [0.2, 0.25) is 5.95 Å². The highest BCUT2D eigenvalue weighted by Gasteiger charge is 2.29. The molecule has 2 aliphatic rings. The smallest absolute Gasteiger partial charge is 0.222 e. The molecule has 2 aliphatic heterocycles. The molecule has 0 radical (unpaired) electrons. The van der Waals surface area contributed by atoms with E-state index in [1.807, 2.05) is 4.68 Å². The van der Waals surface area contributed by atoms with Crippen LogP contribution in [0.5, 0.6) is 0 Å². The fourth-order valence-corrected chi connectivity index (χ4v) is 2.90. The van der Waals surface area contributed by atoms with Gasteiger partial charge in [0, 0.05) is 13.2 Å². The minimum atomic E-state index is -0.327. The van der Waals surface area contributed by atoms with Crippen LogP contribution >= 0.6 is 0 Å². The lowest BCUT2D eigenvalue weighted by atomic mass is 10.1. The number of fused-ring (bicyclic) bond motifs is 1. The molecular formula is C14H16FN5O. The van der Waals surface area contributed by atoms with E-state index in [9.17, 15) is 4.39 Å². The van der Waals surface area contributed by atoms with Crippen molar-refractivity contribution in [3.63, 3.8) is 0 Å². The molecule has 110 valence electrons. The van der Waals surface area contributed by atoms with Crippen molar-refractivity contribution in [2.75, 3.05) is 18.5 Å². The predicted octanol–water partition coefficient (Wildman–Crippen LogP) is 2.07. The Morgan fingerprint density at radius 2 is 2.29 bits per heavy atom. The third kappa shape index (κ3) is 2.27. The molecule has 4 rings (SSSR count). The predicted molar refractivity (Wildman–Crippen MR) is 73.4 cm³/mol. The highest BCUT2D eigenvalue weighted by molar-refractivity contribution is 5.31. The zero-order valence-electron chi connectivity index (χ0n) is 11.5. The van der Waals surface area contributed by atoms with Gasteiger partial charge in [0.15, 0.2) is 5.82 Å². The van der Waals surface area contributed by atoms with E-state index in [4.69, 9.17) is 4.74 Å². The number of aromatic nitrogens is 4. The molecule has 0 bridgehead atoms. The van der Waals surface area contributed by atoms with Crippen molar-refractivity contribution >= 4 is 5.95 Å². The number of anilines is 1. The summed E-state index contributed by atoms with van der Waals surface area (Å²) >= 11 is 0. The first-order valence-corrected chi connectivity index (χ1v) is 7.24. The molecule has 0 aromatic carbocycles.